The van der Waals surface area contributed by atoms with Crippen molar-refractivity contribution in [3.8, 4) is 6.07 Å². The first-order valence-corrected chi connectivity index (χ1v) is 3.33. The minimum Gasteiger partial charge on any atom is -0.375 e. The third-order valence-electron chi connectivity index (χ3n) is 2.20. The first-order chi connectivity index (χ1) is 4.19. The van der Waals surface area contributed by atoms with Crippen molar-refractivity contribution in [3.05, 3.63) is 0 Å². The van der Waals surface area contributed by atoms with Gasteiger partial charge in [0.2, 0.25) is 0 Å². The Bertz CT molecular complexity index is 149. The fourth-order valence-corrected chi connectivity index (χ4v) is 1.33. The van der Waals surface area contributed by atoms with Gasteiger partial charge in [0.25, 0.3) is 0 Å². The van der Waals surface area contributed by atoms with Crippen LogP contribution in [0.25, 0.3) is 0 Å². The van der Waals surface area contributed by atoms with Crippen molar-refractivity contribution in [1.82, 2.24) is 0 Å². The molecule has 0 bridgehead atoms. The Balaban J connectivity index is 2.70. The monoisotopic (exact) mass is 125 g/mol. The molecule has 0 heterocycles. The summed E-state index contributed by atoms with van der Waals surface area (Å²) in [5.41, 5.74) is -1.00. The average molecular weight is 125 g/mol. The van der Waals surface area contributed by atoms with E-state index in [0.29, 0.717) is 6.42 Å². The van der Waals surface area contributed by atoms with E-state index in [1.54, 1.807) is 0 Å². The second kappa shape index (κ2) is 2.00. The summed E-state index contributed by atoms with van der Waals surface area (Å²) in [6, 6.07) is 1.95. The lowest BCUT2D eigenvalue weighted by Crippen LogP contribution is -2.28. The molecule has 0 radical (unpaired) electrons. The molecule has 50 valence electrons. The van der Waals surface area contributed by atoms with E-state index in [4.69, 9.17) is 5.26 Å². The van der Waals surface area contributed by atoms with E-state index in [0.717, 1.165) is 12.8 Å². The van der Waals surface area contributed by atoms with Gasteiger partial charge in [0.05, 0.1) is 6.07 Å². The second-order valence-corrected chi connectivity index (χ2v) is 2.83. The van der Waals surface area contributed by atoms with Crippen molar-refractivity contribution in [2.45, 2.75) is 31.8 Å². The van der Waals surface area contributed by atoms with Gasteiger partial charge in [0, 0.05) is 0 Å². The Morgan fingerprint density at radius 3 is 2.67 bits per heavy atom. The summed E-state index contributed by atoms with van der Waals surface area (Å²) in [5, 5.41) is 17.9. The summed E-state index contributed by atoms with van der Waals surface area (Å²) in [6.45, 7) is 1.93. The summed E-state index contributed by atoms with van der Waals surface area (Å²) in [5.74, 6) is 0.169. The molecule has 2 atom stereocenters. The SMILES string of the molecule is CC1CCCC1(O)C#N. The molecule has 9 heavy (non-hydrogen) atoms. The van der Waals surface area contributed by atoms with Crippen LogP contribution >= 0.6 is 0 Å². The van der Waals surface area contributed by atoms with Gasteiger partial charge in [-0.15, -0.1) is 0 Å². The molecule has 2 nitrogen and oxygen atoms in total. The fourth-order valence-electron chi connectivity index (χ4n) is 1.33. The van der Waals surface area contributed by atoms with Crippen molar-refractivity contribution in [2.24, 2.45) is 5.92 Å². The van der Waals surface area contributed by atoms with Crippen LogP contribution in [0.4, 0.5) is 0 Å². The van der Waals surface area contributed by atoms with E-state index >= 15 is 0 Å². The Kier molecular flexibility index (Phi) is 1.46. The molecule has 0 amide bonds. The normalized spacial score (nSPS) is 42.6. The molecule has 1 aliphatic carbocycles. The number of hydrogen-bond donors (Lipinski definition) is 1. The Morgan fingerprint density at radius 2 is 2.44 bits per heavy atom. The average Bonchev–Trinajstić information content (AvgIpc) is 2.15. The largest absolute Gasteiger partial charge is 0.375 e. The third-order valence-corrected chi connectivity index (χ3v) is 2.20. The zero-order valence-electron chi connectivity index (χ0n) is 5.59. The van der Waals surface area contributed by atoms with Crippen LogP contribution in [-0.4, -0.2) is 10.7 Å². The Labute approximate surface area is 55.1 Å². The molecule has 2 unspecified atom stereocenters. The molecule has 0 spiro atoms. The lowest BCUT2D eigenvalue weighted by molar-refractivity contribution is 0.0665. The molecule has 1 saturated carbocycles. The number of rotatable bonds is 0. The molecular formula is C7H11NO. The predicted molar refractivity (Wildman–Crippen MR) is 33.6 cm³/mol. The van der Waals surface area contributed by atoms with Crippen LogP contribution in [0.15, 0.2) is 0 Å². The topological polar surface area (TPSA) is 44.0 Å². The number of nitriles is 1. The third kappa shape index (κ3) is 0.927. The van der Waals surface area contributed by atoms with E-state index in [1.807, 2.05) is 13.0 Å². The zero-order valence-corrected chi connectivity index (χ0v) is 5.59. The molecule has 0 aromatic rings. The molecule has 1 rings (SSSR count). The van der Waals surface area contributed by atoms with Crippen molar-refractivity contribution >= 4 is 0 Å². The van der Waals surface area contributed by atoms with E-state index in [-0.39, 0.29) is 5.92 Å². The van der Waals surface area contributed by atoms with Crippen molar-refractivity contribution in [3.63, 3.8) is 0 Å². The van der Waals surface area contributed by atoms with Gasteiger partial charge < -0.3 is 5.11 Å². The highest BCUT2D eigenvalue weighted by Crippen LogP contribution is 2.34. The summed E-state index contributed by atoms with van der Waals surface area (Å²) in [6.07, 6.45) is 2.64. The van der Waals surface area contributed by atoms with E-state index < -0.39 is 5.60 Å². The minimum absolute atomic E-state index is 0.169. The van der Waals surface area contributed by atoms with Gasteiger partial charge in [0.1, 0.15) is 0 Å². The number of nitrogens with zero attached hydrogens (tertiary/aromatic N) is 1. The minimum atomic E-state index is -1.00. The molecule has 0 aliphatic heterocycles. The van der Waals surface area contributed by atoms with Gasteiger partial charge in [-0.1, -0.05) is 6.92 Å². The summed E-state index contributed by atoms with van der Waals surface area (Å²) in [4.78, 5) is 0. The van der Waals surface area contributed by atoms with Gasteiger partial charge >= 0.3 is 0 Å². The van der Waals surface area contributed by atoms with Crippen LogP contribution in [0.3, 0.4) is 0 Å². The van der Waals surface area contributed by atoms with Crippen molar-refractivity contribution in [1.29, 1.82) is 5.26 Å². The quantitative estimate of drug-likeness (QED) is 0.492. The van der Waals surface area contributed by atoms with Crippen LogP contribution in [0.1, 0.15) is 26.2 Å². The van der Waals surface area contributed by atoms with Crippen LogP contribution in [0, 0.1) is 17.2 Å². The van der Waals surface area contributed by atoms with Crippen LogP contribution in [-0.2, 0) is 0 Å². The molecule has 1 fully saturated rings. The van der Waals surface area contributed by atoms with E-state index in [2.05, 4.69) is 0 Å². The molecule has 0 aromatic carbocycles. The predicted octanol–water partition coefficient (Wildman–Crippen LogP) is 1.06. The maximum atomic E-state index is 9.41. The van der Waals surface area contributed by atoms with Gasteiger partial charge in [0.15, 0.2) is 5.60 Å². The smallest absolute Gasteiger partial charge is 0.153 e. The first-order valence-electron chi connectivity index (χ1n) is 3.33. The molecular weight excluding hydrogens is 114 g/mol. The molecule has 0 aromatic heterocycles. The highest BCUT2D eigenvalue weighted by atomic mass is 16.3. The van der Waals surface area contributed by atoms with Crippen molar-refractivity contribution in [2.75, 3.05) is 0 Å². The van der Waals surface area contributed by atoms with Crippen LogP contribution < -0.4 is 0 Å². The van der Waals surface area contributed by atoms with E-state index in [9.17, 15) is 5.11 Å². The van der Waals surface area contributed by atoms with Gasteiger partial charge in [-0.2, -0.15) is 5.26 Å². The number of hydrogen-bond acceptors (Lipinski definition) is 2. The van der Waals surface area contributed by atoms with Gasteiger partial charge in [-0.05, 0) is 25.2 Å². The Morgan fingerprint density at radius 1 is 1.78 bits per heavy atom. The molecule has 1 aliphatic rings. The maximum Gasteiger partial charge on any atom is 0.153 e. The van der Waals surface area contributed by atoms with Gasteiger partial charge in [-0.3, -0.25) is 0 Å². The lowest BCUT2D eigenvalue weighted by atomic mass is 9.95. The Hall–Kier alpha value is -0.550. The molecule has 2 heteroatoms. The highest BCUT2D eigenvalue weighted by Gasteiger charge is 2.37. The second-order valence-electron chi connectivity index (χ2n) is 2.83. The van der Waals surface area contributed by atoms with Crippen LogP contribution in [0.2, 0.25) is 0 Å². The standard InChI is InChI=1S/C7H11NO/c1-6-3-2-4-7(6,9)5-8/h6,9H,2-4H2,1H3. The summed E-state index contributed by atoms with van der Waals surface area (Å²) < 4.78 is 0. The zero-order chi connectivity index (χ0) is 6.91. The van der Waals surface area contributed by atoms with E-state index in [1.165, 1.54) is 0 Å². The summed E-state index contributed by atoms with van der Waals surface area (Å²) >= 11 is 0. The molecule has 1 N–H and O–H groups in total. The fraction of sp³-hybridized carbons (Fsp3) is 0.857. The van der Waals surface area contributed by atoms with Crippen LogP contribution in [0.5, 0.6) is 0 Å². The lowest BCUT2D eigenvalue weighted by Gasteiger charge is -2.17. The van der Waals surface area contributed by atoms with Gasteiger partial charge in [-0.25, -0.2) is 0 Å². The highest BCUT2D eigenvalue weighted by molar-refractivity contribution is 5.06. The number of aliphatic hydroxyl groups is 1. The molecule has 0 saturated heterocycles. The first kappa shape index (κ1) is 6.57. The summed E-state index contributed by atoms with van der Waals surface area (Å²) in [7, 11) is 0. The maximum absolute atomic E-state index is 9.41. The van der Waals surface area contributed by atoms with Crippen molar-refractivity contribution < 1.29 is 5.11 Å².